The highest BCUT2D eigenvalue weighted by atomic mass is 15.2. The highest BCUT2D eigenvalue weighted by molar-refractivity contribution is 6.04. The molecule has 94 valence electrons. The van der Waals surface area contributed by atoms with Crippen LogP contribution >= 0.6 is 0 Å². The molecule has 0 aromatic heterocycles. The van der Waals surface area contributed by atoms with Crippen LogP contribution in [0.25, 0.3) is 0 Å². The van der Waals surface area contributed by atoms with E-state index in [1.54, 1.807) is 0 Å². The second-order valence-electron chi connectivity index (χ2n) is 5.38. The fourth-order valence-electron chi connectivity index (χ4n) is 3.17. The topological polar surface area (TPSA) is 24.7 Å². The lowest BCUT2D eigenvalue weighted by Crippen LogP contribution is -2.29. The molecule has 1 saturated carbocycles. The van der Waals surface area contributed by atoms with Gasteiger partial charge in [0.1, 0.15) is 0 Å². The molecule has 1 aliphatic heterocycles. The van der Waals surface area contributed by atoms with E-state index in [9.17, 15) is 0 Å². The number of benzene rings is 1. The molecule has 2 atom stereocenters. The molecule has 0 N–H and O–H groups in total. The molecule has 0 saturated heterocycles. The zero-order valence-electron chi connectivity index (χ0n) is 10.8. The van der Waals surface area contributed by atoms with Crippen molar-refractivity contribution in [1.82, 2.24) is 0 Å². The minimum absolute atomic E-state index is 0.588. The summed E-state index contributed by atoms with van der Waals surface area (Å²) in [5, 5.41) is 8.70. The van der Waals surface area contributed by atoms with Crippen LogP contribution in [0.2, 0.25) is 0 Å². The molecule has 0 radical (unpaired) electrons. The van der Waals surface area contributed by atoms with Crippen molar-refractivity contribution in [2.24, 2.45) is 22.0 Å². The van der Waals surface area contributed by atoms with Gasteiger partial charge in [0, 0.05) is 18.1 Å². The summed E-state index contributed by atoms with van der Waals surface area (Å²) < 4.78 is 0. The van der Waals surface area contributed by atoms with Gasteiger partial charge < -0.3 is 0 Å². The number of fused-ring (bicyclic) bond motifs is 1. The van der Waals surface area contributed by atoms with Crippen molar-refractivity contribution in [3.63, 3.8) is 0 Å². The van der Waals surface area contributed by atoms with E-state index in [4.69, 9.17) is 0 Å². The van der Waals surface area contributed by atoms with Gasteiger partial charge in [-0.25, -0.2) is 0 Å². The van der Waals surface area contributed by atoms with E-state index in [-0.39, 0.29) is 0 Å². The molecular formula is C16H20N2. The largest absolute Gasteiger partial charge is 0.163 e. The van der Waals surface area contributed by atoms with Gasteiger partial charge in [-0.05, 0) is 18.4 Å². The third kappa shape index (κ3) is 2.38. The van der Waals surface area contributed by atoms with Gasteiger partial charge in [0.25, 0.3) is 0 Å². The number of rotatable bonds is 1. The third-order valence-corrected chi connectivity index (χ3v) is 4.16. The Morgan fingerprint density at radius 2 is 1.67 bits per heavy atom. The molecule has 1 aliphatic carbocycles. The first-order valence-corrected chi connectivity index (χ1v) is 7.11. The van der Waals surface area contributed by atoms with Crippen molar-refractivity contribution in [3.05, 3.63) is 35.9 Å². The van der Waals surface area contributed by atoms with Crippen LogP contribution in [0.3, 0.4) is 0 Å². The van der Waals surface area contributed by atoms with Crippen LogP contribution < -0.4 is 0 Å². The quantitative estimate of drug-likeness (QED) is 0.707. The number of hydrogen-bond acceptors (Lipinski definition) is 2. The molecule has 1 aromatic rings. The van der Waals surface area contributed by atoms with Crippen molar-refractivity contribution < 1.29 is 0 Å². The Labute approximate surface area is 109 Å². The standard InChI is InChI=1S/C16H20N2/c1-2-7-11-15-14(10-4-1)12-17-18-16(15)13-8-5-3-6-9-13/h3,5-6,8-9,12,14-15H,1-2,4,7,10-11H2. The fraction of sp³-hybridized carbons (Fsp3) is 0.500. The Morgan fingerprint density at radius 3 is 2.50 bits per heavy atom. The van der Waals surface area contributed by atoms with Gasteiger partial charge >= 0.3 is 0 Å². The van der Waals surface area contributed by atoms with Crippen molar-refractivity contribution in [1.29, 1.82) is 0 Å². The van der Waals surface area contributed by atoms with Crippen LogP contribution in [-0.2, 0) is 0 Å². The second kappa shape index (κ2) is 5.47. The Bertz CT molecular complexity index is 447. The van der Waals surface area contributed by atoms with Gasteiger partial charge in [-0.1, -0.05) is 56.0 Å². The Kier molecular flexibility index (Phi) is 3.54. The SMILES string of the molecule is C1=NN=C(c2ccccc2)C2CCCCCCC12. The molecule has 0 spiro atoms. The molecule has 0 amide bonds. The molecular weight excluding hydrogens is 220 g/mol. The van der Waals surface area contributed by atoms with Crippen LogP contribution in [0.4, 0.5) is 0 Å². The third-order valence-electron chi connectivity index (χ3n) is 4.16. The summed E-state index contributed by atoms with van der Waals surface area (Å²) in [4.78, 5) is 0. The van der Waals surface area contributed by atoms with Crippen molar-refractivity contribution in [2.45, 2.75) is 38.5 Å². The van der Waals surface area contributed by atoms with Gasteiger partial charge in [0.15, 0.2) is 0 Å². The van der Waals surface area contributed by atoms with Crippen LogP contribution in [0, 0.1) is 11.8 Å². The molecule has 1 fully saturated rings. The summed E-state index contributed by atoms with van der Waals surface area (Å²) in [5.74, 6) is 1.20. The maximum Gasteiger partial charge on any atom is 0.0739 e. The molecule has 3 rings (SSSR count). The van der Waals surface area contributed by atoms with E-state index in [1.165, 1.54) is 49.8 Å². The van der Waals surface area contributed by atoms with Gasteiger partial charge in [0.05, 0.1) is 5.71 Å². The fourth-order valence-corrected chi connectivity index (χ4v) is 3.17. The molecule has 2 aliphatic rings. The molecule has 18 heavy (non-hydrogen) atoms. The summed E-state index contributed by atoms with van der Waals surface area (Å²) in [6.07, 6.45) is 10.1. The predicted octanol–water partition coefficient (Wildman–Crippen LogP) is 4.06. The van der Waals surface area contributed by atoms with Gasteiger partial charge in [0.2, 0.25) is 0 Å². The normalized spacial score (nSPS) is 27.9. The van der Waals surface area contributed by atoms with Crippen molar-refractivity contribution in [3.8, 4) is 0 Å². The Hall–Kier alpha value is -1.44. The van der Waals surface area contributed by atoms with E-state index in [1.807, 2.05) is 0 Å². The Balaban J connectivity index is 1.88. The predicted molar refractivity (Wildman–Crippen MR) is 76.2 cm³/mol. The van der Waals surface area contributed by atoms with Crippen LogP contribution in [0.1, 0.15) is 44.1 Å². The molecule has 2 heteroatoms. The monoisotopic (exact) mass is 240 g/mol. The van der Waals surface area contributed by atoms with E-state index in [0.29, 0.717) is 11.8 Å². The lowest BCUT2D eigenvalue weighted by molar-refractivity contribution is 0.397. The molecule has 1 aromatic carbocycles. The van der Waals surface area contributed by atoms with E-state index >= 15 is 0 Å². The molecule has 1 heterocycles. The van der Waals surface area contributed by atoms with Gasteiger partial charge in [-0.15, -0.1) is 0 Å². The lowest BCUT2D eigenvalue weighted by Gasteiger charge is -2.29. The first kappa shape index (κ1) is 11.6. The lowest BCUT2D eigenvalue weighted by atomic mass is 9.77. The minimum Gasteiger partial charge on any atom is -0.163 e. The smallest absolute Gasteiger partial charge is 0.0739 e. The van der Waals surface area contributed by atoms with E-state index in [0.717, 1.165) is 0 Å². The van der Waals surface area contributed by atoms with Gasteiger partial charge in [-0.2, -0.15) is 10.2 Å². The summed E-state index contributed by atoms with van der Waals surface area (Å²) in [6.45, 7) is 0. The number of nitrogens with zero attached hydrogens (tertiary/aromatic N) is 2. The Morgan fingerprint density at radius 1 is 0.889 bits per heavy atom. The van der Waals surface area contributed by atoms with E-state index < -0.39 is 0 Å². The number of hydrogen-bond donors (Lipinski definition) is 0. The highest BCUT2D eigenvalue weighted by Gasteiger charge is 2.29. The maximum absolute atomic E-state index is 4.44. The van der Waals surface area contributed by atoms with Crippen LogP contribution in [0.15, 0.2) is 40.5 Å². The highest BCUT2D eigenvalue weighted by Crippen LogP contribution is 2.32. The summed E-state index contributed by atoms with van der Waals surface area (Å²) in [5.41, 5.74) is 2.47. The summed E-state index contributed by atoms with van der Waals surface area (Å²) >= 11 is 0. The zero-order chi connectivity index (χ0) is 12.2. The van der Waals surface area contributed by atoms with Crippen molar-refractivity contribution >= 4 is 11.9 Å². The summed E-state index contributed by atoms with van der Waals surface area (Å²) in [6, 6.07) is 10.6. The average Bonchev–Trinajstić information content (AvgIpc) is 2.40. The van der Waals surface area contributed by atoms with Crippen LogP contribution in [0.5, 0.6) is 0 Å². The average molecular weight is 240 g/mol. The molecule has 2 unspecified atom stereocenters. The maximum atomic E-state index is 4.44. The minimum atomic E-state index is 0.588. The zero-order valence-corrected chi connectivity index (χ0v) is 10.8. The molecule has 0 bridgehead atoms. The first-order valence-electron chi connectivity index (χ1n) is 7.11. The van der Waals surface area contributed by atoms with Gasteiger partial charge in [-0.3, -0.25) is 0 Å². The van der Waals surface area contributed by atoms with Crippen LogP contribution in [-0.4, -0.2) is 11.9 Å². The second-order valence-corrected chi connectivity index (χ2v) is 5.38. The van der Waals surface area contributed by atoms with E-state index in [2.05, 4.69) is 46.7 Å². The molecule has 2 nitrogen and oxygen atoms in total. The first-order chi connectivity index (χ1) is 8.95. The summed E-state index contributed by atoms with van der Waals surface area (Å²) in [7, 11) is 0. The van der Waals surface area contributed by atoms with Crippen molar-refractivity contribution in [2.75, 3.05) is 0 Å².